The lowest BCUT2D eigenvalue weighted by atomic mass is 9.99. The lowest BCUT2D eigenvalue weighted by molar-refractivity contribution is 0.296. The second-order valence-corrected chi connectivity index (χ2v) is 6.35. The van der Waals surface area contributed by atoms with Crippen LogP contribution in [0.5, 0.6) is 5.75 Å². The number of ether oxygens (including phenoxy) is 1. The molecular weight excluding hydrogens is 305 g/mol. The predicted molar refractivity (Wildman–Crippen MR) is 92.9 cm³/mol. The van der Waals surface area contributed by atoms with Crippen molar-refractivity contribution in [3.8, 4) is 5.75 Å². The molecule has 1 aromatic carbocycles. The van der Waals surface area contributed by atoms with Gasteiger partial charge >= 0.3 is 0 Å². The van der Waals surface area contributed by atoms with Gasteiger partial charge in [0.05, 0.1) is 11.6 Å². The van der Waals surface area contributed by atoms with Gasteiger partial charge in [-0.1, -0.05) is 37.9 Å². The summed E-state index contributed by atoms with van der Waals surface area (Å²) in [5, 5.41) is 0.745. The zero-order chi connectivity index (χ0) is 14.5. The number of hydrogen-bond acceptors (Lipinski definition) is 2. The number of halogens is 2. The molecule has 1 fully saturated rings. The Morgan fingerprint density at radius 2 is 2.05 bits per heavy atom. The summed E-state index contributed by atoms with van der Waals surface area (Å²) in [7, 11) is 0. The molecule has 1 aromatic rings. The van der Waals surface area contributed by atoms with E-state index in [-0.39, 0.29) is 18.4 Å². The van der Waals surface area contributed by atoms with Crippen LogP contribution in [0.4, 0.5) is 0 Å². The molecule has 1 unspecified atom stereocenters. The third kappa shape index (κ3) is 5.69. The monoisotopic (exact) mass is 331 g/mol. The first-order valence-corrected chi connectivity index (χ1v) is 8.21. The molecule has 2 rings (SSSR count). The summed E-state index contributed by atoms with van der Waals surface area (Å²) in [4.78, 5) is 0. The summed E-state index contributed by atoms with van der Waals surface area (Å²) in [6, 6.07) is 4.45. The highest BCUT2D eigenvalue weighted by molar-refractivity contribution is 6.32. The summed E-state index contributed by atoms with van der Waals surface area (Å²) in [5.74, 6) is 1.59. The quantitative estimate of drug-likeness (QED) is 0.743. The van der Waals surface area contributed by atoms with E-state index in [1.54, 1.807) is 0 Å². The predicted octanol–water partition coefficient (Wildman–Crippen LogP) is 4.78. The van der Waals surface area contributed by atoms with Crippen LogP contribution in [0, 0.1) is 5.92 Å². The topological polar surface area (TPSA) is 35.2 Å². The Labute approximate surface area is 139 Å². The number of hydrogen-bond donors (Lipinski definition) is 1. The van der Waals surface area contributed by atoms with E-state index >= 15 is 0 Å². The van der Waals surface area contributed by atoms with Crippen LogP contribution in [0.2, 0.25) is 5.02 Å². The molecule has 1 aliphatic carbocycles. The zero-order valence-corrected chi connectivity index (χ0v) is 14.6. The molecular formula is C17H27Cl2NO. The molecule has 21 heavy (non-hydrogen) atoms. The highest BCUT2D eigenvalue weighted by Crippen LogP contribution is 2.35. The van der Waals surface area contributed by atoms with Crippen molar-refractivity contribution in [3.63, 3.8) is 0 Å². The van der Waals surface area contributed by atoms with Crippen molar-refractivity contribution >= 4 is 24.0 Å². The molecule has 0 aromatic heterocycles. The summed E-state index contributed by atoms with van der Waals surface area (Å²) < 4.78 is 5.98. The van der Waals surface area contributed by atoms with Crippen molar-refractivity contribution in [1.82, 2.24) is 0 Å². The van der Waals surface area contributed by atoms with E-state index in [2.05, 4.69) is 19.9 Å². The maximum Gasteiger partial charge on any atom is 0.141 e. The molecule has 0 bridgehead atoms. The third-order valence-electron chi connectivity index (χ3n) is 3.89. The zero-order valence-electron chi connectivity index (χ0n) is 13.0. The maximum absolute atomic E-state index is 6.43. The first-order valence-electron chi connectivity index (χ1n) is 7.83. The molecule has 4 heteroatoms. The van der Waals surface area contributed by atoms with Crippen LogP contribution in [-0.4, -0.2) is 12.6 Å². The van der Waals surface area contributed by atoms with Crippen LogP contribution in [0.1, 0.15) is 50.7 Å². The normalized spacial score (nSPS) is 15.4. The Morgan fingerprint density at radius 1 is 1.33 bits per heavy atom. The molecule has 2 N–H and O–H groups in total. The minimum Gasteiger partial charge on any atom is -0.491 e. The Kier molecular flexibility index (Phi) is 7.86. The van der Waals surface area contributed by atoms with Crippen molar-refractivity contribution < 1.29 is 4.74 Å². The maximum atomic E-state index is 6.43. The minimum atomic E-state index is 0. The fourth-order valence-electron chi connectivity index (χ4n) is 2.37. The van der Waals surface area contributed by atoms with Crippen LogP contribution >= 0.6 is 24.0 Å². The van der Waals surface area contributed by atoms with Crippen LogP contribution < -0.4 is 10.5 Å². The summed E-state index contributed by atoms with van der Waals surface area (Å²) >= 11 is 6.43. The lowest BCUT2D eigenvalue weighted by Crippen LogP contribution is -2.22. The van der Waals surface area contributed by atoms with Crippen molar-refractivity contribution in [2.45, 2.75) is 58.4 Å². The van der Waals surface area contributed by atoms with E-state index in [9.17, 15) is 0 Å². The van der Waals surface area contributed by atoms with E-state index < -0.39 is 0 Å². The van der Waals surface area contributed by atoms with Crippen molar-refractivity contribution in [3.05, 3.63) is 28.3 Å². The molecule has 120 valence electrons. The van der Waals surface area contributed by atoms with Crippen molar-refractivity contribution in [2.24, 2.45) is 11.7 Å². The number of aryl methyl sites for hydroxylation is 1. The molecule has 2 nitrogen and oxygen atoms in total. The third-order valence-corrected chi connectivity index (χ3v) is 4.17. The van der Waals surface area contributed by atoms with Gasteiger partial charge in [0.15, 0.2) is 0 Å². The number of nitrogens with two attached hydrogens (primary N) is 1. The molecule has 1 aliphatic rings. The standard InChI is InChI=1S/C17H26ClNO.ClH/c1-3-5-13-8-14(10-15(19)4-2)17(16(18)9-13)20-11-12-6-7-12;/h8-9,12,15H,3-7,10-11,19H2,1-2H3;1H. The van der Waals surface area contributed by atoms with Gasteiger partial charge in [-0.15, -0.1) is 12.4 Å². The molecule has 0 spiro atoms. The van der Waals surface area contributed by atoms with E-state index in [1.807, 2.05) is 6.07 Å². The van der Waals surface area contributed by atoms with Gasteiger partial charge in [0.25, 0.3) is 0 Å². The molecule has 0 aliphatic heterocycles. The van der Waals surface area contributed by atoms with Gasteiger partial charge in [-0.05, 0) is 55.2 Å². The lowest BCUT2D eigenvalue weighted by Gasteiger charge is -2.17. The van der Waals surface area contributed by atoms with Crippen molar-refractivity contribution in [1.29, 1.82) is 0 Å². The van der Waals surface area contributed by atoms with E-state index in [0.717, 1.165) is 49.0 Å². The summed E-state index contributed by atoms with van der Waals surface area (Å²) in [6.07, 6.45) is 6.56. The second kappa shape index (κ2) is 8.87. The van der Waals surface area contributed by atoms with E-state index in [0.29, 0.717) is 0 Å². The number of rotatable bonds is 8. The van der Waals surface area contributed by atoms with Gasteiger partial charge < -0.3 is 10.5 Å². The van der Waals surface area contributed by atoms with Crippen LogP contribution in [-0.2, 0) is 12.8 Å². The minimum absolute atomic E-state index is 0. The Hall–Kier alpha value is -0.440. The molecule has 0 radical (unpaired) electrons. The fraction of sp³-hybridized carbons (Fsp3) is 0.647. The summed E-state index contributed by atoms with van der Waals surface area (Å²) in [5.41, 5.74) is 8.58. The smallest absolute Gasteiger partial charge is 0.141 e. The average Bonchev–Trinajstić information content (AvgIpc) is 3.22. The van der Waals surface area contributed by atoms with Gasteiger partial charge in [0, 0.05) is 6.04 Å². The van der Waals surface area contributed by atoms with Crippen LogP contribution in [0.25, 0.3) is 0 Å². The first kappa shape index (κ1) is 18.6. The van der Waals surface area contributed by atoms with Gasteiger partial charge in [0.2, 0.25) is 0 Å². The van der Waals surface area contributed by atoms with Gasteiger partial charge in [-0.3, -0.25) is 0 Å². The highest BCUT2D eigenvalue weighted by Gasteiger charge is 2.23. The Bertz CT molecular complexity index is 447. The fourth-order valence-corrected chi connectivity index (χ4v) is 2.69. The molecule has 1 atom stereocenters. The Balaban J connectivity index is 0.00000220. The van der Waals surface area contributed by atoms with E-state index in [1.165, 1.54) is 24.0 Å². The van der Waals surface area contributed by atoms with Gasteiger partial charge in [-0.25, -0.2) is 0 Å². The first-order chi connectivity index (χ1) is 9.63. The summed E-state index contributed by atoms with van der Waals surface area (Å²) in [6.45, 7) is 5.09. The Morgan fingerprint density at radius 3 is 2.62 bits per heavy atom. The highest BCUT2D eigenvalue weighted by atomic mass is 35.5. The van der Waals surface area contributed by atoms with Gasteiger partial charge in [0.1, 0.15) is 5.75 Å². The molecule has 0 saturated heterocycles. The molecule has 0 amide bonds. The number of benzene rings is 1. The van der Waals surface area contributed by atoms with E-state index in [4.69, 9.17) is 22.1 Å². The second-order valence-electron chi connectivity index (χ2n) is 5.94. The van der Waals surface area contributed by atoms with Crippen LogP contribution in [0.3, 0.4) is 0 Å². The van der Waals surface area contributed by atoms with Gasteiger partial charge in [-0.2, -0.15) is 0 Å². The van der Waals surface area contributed by atoms with Crippen molar-refractivity contribution in [2.75, 3.05) is 6.61 Å². The largest absolute Gasteiger partial charge is 0.491 e. The molecule has 0 heterocycles. The SMILES string of the molecule is CCCc1cc(Cl)c(OCC2CC2)c(CC(N)CC)c1.Cl. The van der Waals surface area contributed by atoms with Crippen LogP contribution in [0.15, 0.2) is 12.1 Å². The molecule has 1 saturated carbocycles. The average molecular weight is 332 g/mol.